The Balaban J connectivity index is 1.91. The average molecular weight is 267 g/mol. The molecule has 2 N–H and O–H groups in total. The van der Waals surface area contributed by atoms with Gasteiger partial charge in [-0.2, -0.15) is 0 Å². The van der Waals surface area contributed by atoms with Crippen molar-refractivity contribution in [1.29, 1.82) is 0 Å². The summed E-state index contributed by atoms with van der Waals surface area (Å²) in [7, 11) is 0. The van der Waals surface area contributed by atoms with E-state index in [2.05, 4.69) is 54.7 Å². The van der Waals surface area contributed by atoms with E-state index in [0.717, 1.165) is 19.5 Å². The third kappa shape index (κ3) is 2.62. The average Bonchev–Trinajstić information content (AvgIpc) is 2.49. The first-order chi connectivity index (χ1) is 9.75. The van der Waals surface area contributed by atoms with Crippen LogP contribution in [0, 0.1) is 6.92 Å². The molecule has 3 rings (SSSR count). The molecule has 0 aliphatic carbocycles. The summed E-state index contributed by atoms with van der Waals surface area (Å²) in [4.78, 5) is 0. The second kappa shape index (κ2) is 5.78. The van der Waals surface area contributed by atoms with Crippen LogP contribution >= 0.6 is 0 Å². The highest BCUT2D eigenvalue weighted by atomic mass is 16.3. The quantitative estimate of drug-likeness (QED) is 0.876. The molecule has 2 heteroatoms. The van der Waals surface area contributed by atoms with E-state index in [1.807, 2.05) is 6.07 Å². The zero-order valence-electron chi connectivity index (χ0n) is 11.8. The summed E-state index contributed by atoms with van der Waals surface area (Å²) in [5.41, 5.74) is 5.01. The highest BCUT2D eigenvalue weighted by molar-refractivity contribution is 5.65. The molecule has 1 aliphatic rings. The van der Waals surface area contributed by atoms with Crippen molar-refractivity contribution < 1.29 is 5.11 Å². The van der Waals surface area contributed by atoms with Crippen molar-refractivity contribution in [1.82, 2.24) is 5.32 Å². The Morgan fingerprint density at radius 2 is 1.85 bits per heavy atom. The van der Waals surface area contributed by atoms with Gasteiger partial charge in [-0.3, -0.25) is 0 Å². The highest BCUT2D eigenvalue weighted by Crippen LogP contribution is 2.29. The molecule has 2 nitrogen and oxygen atoms in total. The van der Waals surface area contributed by atoms with Gasteiger partial charge in [0.2, 0.25) is 0 Å². The Bertz CT molecular complexity index is 579. The van der Waals surface area contributed by atoms with Gasteiger partial charge in [-0.25, -0.2) is 0 Å². The van der Waals surface area contributed by atoms with Crippen molar-refractivity contribution in [3.05, 3.63) is 59.7 Å². The fourth-order valence-electron chi connectivity index (χ4n) is 3.06. The van der Waals surface area contributed by atoms with Gasteiger partial charge in [0.05, 0.1) is 6.10 Å². The van der Waals surface area contributed by atoms with Gasteiger partial charge in [0, 0.05) is 12.5 Å². The molecule has 2 unspecified atom stereocenters. The summed E-state index contributed by atoms with van der Waals surface area (Å²) in [6.07, 6.45) is 0.613. The van der Waals surface area contributed by atoms with E-state index in [4.69, 9.17) is 0 Å². The van der Waals surface area contributed by atoms with Crippen molar-refractivity contribution in [2.24, 2.45) is 0 Å². The first-order valence-electron chi connectivity index (χ1n) is 7.30. The number of rotatable bonds is 2. The smallest absolute Gasteiger partial charge is 0.0633 e. The molecular formula is C18H21NO. The monoisotopic (exact) mass is 267 g/mol. The molecule has 1 saturated heterocycles. The van der Waals surface area contributed by atoms with E-state index in [1.165, 1.54) is 22.3 Å². The van der Waals surface area contributed by atoms with Gasteiger partial charge in [-0.1, -0.05) is 48.5 Å². The maximum Gasteiger partial charge on any atom is 0.0633 e. The van der Waals surface area contributed by atoms with Crippen LogP contribution in [0.1, 0.15) is 23.5 Å². The number of benzene rings is 2. The maximum atomic E-state index is 10.2. The van der Waals surface area contributed by atoms with E-state index in [1.54, 1.807) is 0 Å². The van der Waals surface area contributed by atoms with E-state index in [9.17, 15) is 5.11 Å². The van der Waals surface area contributed by atoms with Gasteiger partial charge >= 0.3 is 0 Å². The number of aryl methyl sites for hydroxylation is 1. The summed E-state index contributed by atoms with van der Waals surface area (Å²) >= 11 is 0. The summed E-state index contributed by atoms with van der Waals surface area (Å²) in [5.74, 6) is 0.216. The first kappa shape index (κ1) is 13.3. The molecule has 20 heavy (non-hydrogen) atoms. The van der Waals surface area contributed by atoms with Crippen molar-refractivity contribution >= 4 is 0 Å². The van der Waals surface area contributed by atoms with Crippen LogP contribution in [0.4, 0.5) is 0 Å². The highest BCUT2D eigenvalue weighted by Gasteiger charge is 2.25. The molecule has 0 spiro atoms. The molecule has 1 heterocycles. The number of nitrogens with one attached hydrogen (secondary N) is 1. The van der Waals surface area contributed by atoms with Crippen LogP contribution in [0.25, 0.3) is 11.1 Å². The molecular weight excluding hydrogens is 246 g/mol. The molecule has 2 aromatic carbocycles. The zero-order chi connectivity index (χ0) is 13.9. The fourth-order valence-corrected chi connectivity index (χ4v) is 3.06. The Morgan fingerprint density at radius 1 is 1.05 bits per heavy atom. The molecule has 2 atom stereocenters. The van der Waals surface area contributed by atoms with Crippen LogP contribution in [0.2, 0.25) is 0 Å². The molecule has 104 valence electrons. The molecule has 0 amide bonds. The third-order valence-electron chi connectivity index (χ3n) is 4.22. The SMILES string of the molecule is Cc1cc(-c2ccccc2)ccc1C1CNCCC1O. The second-order valence-corrected chi connectivity index (χ2v) is 5.60. The molecule has 1 fully saturated rings. The van der Waals surface area contributed by atoms with E-state index < -0.39 is 0 Å². The normalized spacial score (nSPS) is 22.7. The minimum atomic E-state index is -0.225. The van der Waals surface area contributed by atoms with E-state index in [-0.39, 0.29) is 12.0 Å². The molecule has 0 saturated carbocycles. The van der Waals surface area contributed by atoms with Crippen LogP contribution in [0.15, 0.2) is 48.5 Å². The summed E-state index contributed by atoms with van der Waals surface area (Å²) in [6.45, 7) is 3.93. The third-order valence-corrected chi connectivity index (χ3v) is 4.22. The number of aliphatic hydroxyl groups excluding tert-OH is 1. The van der Waals surface area contributed by atoms with Crippen LogP contribution in [-0.2, 0) is 0 Å². The maximum absolute atomic E-state index is 10.2. The van der Waals surface area contributed by atoms with Gasteiger partial charge < -0.3 is 10.4 Å². The van der Waals surface area contributed by atoms with Gasteiger partial charge in [-0.05, 0) is 42.1 Å². The van der Waals surface area contributed by atoms with E-state index >= 15 is 0 Å². The molecule has 2 aromatic rings. The Hall–Kier alpha value is -1.64. The first-order valence-corrected chi connectivity index (χ1v) is 7.30. The van der Waals surface area contributed by atoms with Gasteiger partial charge in [-0.15, -0.1) is 0 Å². The molecule has 0 aromatic heterocycles. The predicted molar refractivity (Wildman–Crippen MR) is 82.8 cm³/mol. The van der Waals surface area contributed by atoms with Crippen LogP contribution in [0.5, 0.6) is 0 Å². The largest absolute Gasteiger partial charge is 0.392 e. The van der Waals surface area contributed by atoms with Crippen molar-refractivity contribution in [3.63, 3.8) is 0 Å². The van der Waals surface area contributed by atoms with Crippen molar-refractivity contribution in [2.75, 3.05) is 13.1 Å². The minimum Gasteiger partial charge on any atom is -0.392 e. The fraction of sp³-hybridized carbons (Fsp3) is 0.333. The van der Waals surface area contributed by atoms with Crippen LogP contribution in [0.3, 0.4) is 0 Å². The van der Waals surface area contributed by atoms with Crippen LogP contribution in [-0.4, -0.2) is 24.3 Å². The number of piperidine rings is 1. The van der Waals surface area contributed by atoms with Gasteiger partial charge in [0.25, 0.3) is 0 Å². The predicted octanol–water partition coefficient (Wildman–Crippen LogP) is 3.10. The lowest BCUT2D eigenvalue weighted by Crippen LogP contribution is -2.38. The lowest BCUT2D eigenvalue weighted by atomic mass is 9.85. The lowest BCUT2D eigenvalue weighted by Gasteiger charge is -2.30. The summed E-state index contributed by atoms with van der Waals surface area (Å²) in [6, 6.07) is 17.0. The molecule has 1 aliphatic heterocycles. The molecule has 0 radical (unpaired) electrons. The number of hydrogen-bond donors (Lipinski definition) is 2. The van der Waals surface area contributed by atoms with Crippen LogP contribution < -0.4 is 5.32 Å². The topological polar surface area (TPSA) is 32.3 Å². The summed E-state index contributed by atoms with van der Waals surface area (Å²) in [5, 5.41) is 13.6. The van der Waals surface area contributed by atoms with Gasteiger partial charge in [0.15, 0.2) is 0 Å². The molecule has 0 bridgehead atoms. The Labute approximate surface area is 120 Å². The second-order valence-electron chi connectivity index (χ2n) is 5.60. The zero-order valence-corrected chi connectivity index (χ0v) is 11.8. The Kier molecular flexibility index (Phi) is 3.86. The standard InChI is InChI=1S/C18H21NO/c1-13-11-15(14-5-3-2-4-6-14)7-8-16(13)17-12-19-10-9-18(17)20/h2-8,11,17-20H,9-10,12H2,1H3. The van der Waals surface area contributed by atoms with Crippen molar-refractivity contribution in [3.8, 4) is 11.1 Å². The number of hydrogen-bond acceptors (Lipinski definition) is 2. The number of aliphatic hydroxyl groups is 1. The minimum absolute atomic E-state index is 0.216. The Morgan fingerprint density at radius 3 is 2.55 bits per heavy atom. The van der Waals surface area contributed by atoms with Gasteiger partial charge in [0.1, 0.15) is 0 Å². The van der Waals surface area contributed by atoms with Crippen molar-refractivity contribution in [2.45, 2.75) is 25.4 Å². The lowest BCUT2D eigenvalue weighted by molar-refractivity contribution is 0.114. The van der Waals surface area contributed by atoms with E-state index in [0.29, 0.717) is 0 Å². The summed E-state index contributed by atoms with van der Waals surface area (Å²) < 4.78 is 0.